The molecule has 80 valence electrons. The first-order chi connectivity index (χ1) is 5.75. The van der Waals surface area contributed by atoms with Gasteiger partial charge in [-0.3, -0.25) is 0 Å². The number of hydrogen-bond acceptors (Lipinski definition) is 2. The quantitative estimate of drug-likeness (QED) is 0.718. The molecule has 0 aromatic heterocycles. The molecule has 0 aromatic carbocycles. The van der Waals surface area contributed by atoms with Gasteiger partial charge in [-0.1, -0.05) is 13.8 Å². The lowest BCUT2D eigenvalue weighted by Crippen LogP contribution is -2.43. The van der Waals surface area contributed by atoms with Crippen LogP contribution in [0.5, 0.6) is 0 Å². The average Bonchev–Trinajstić information content (AvgIpc) is 2.02. The van der Waals surface area contributed by atoms with Crippen molar-refractivity contribution >= 4 is 0 Å². The molecule has 13 heavy (non-hydrogen) atoms. The van der Waals surface area contributed by atoms with E-state index in [0.29, 0.717) is 5.92 Å². The second-order valence-electron chi connectivity index (χ2n) is 4.93. The van der Waals surface area contributed by atoms with Crippen molar-refractivity contribution in [2.45, 2.75) is 58.6 Å². The summed E-state index contributed by atoms with van der Waals surface area (Å²) in [7, 11) is 1.78. The SMILES string of the molecule is CCC(C)(CC(C)C(C)(C)N)OC. The highest BCUT2D eigenvalue weighted by molar-refractivity contribution is 4.85. The molecule has 0 bridgehead atoms. The Morgan fingerprint density at radius 2 is 1.77 bits per heavy atom. The molecule has 0 amide bonds. The molecule has 0 saturated heterocycles. The largest absolute Gasteiger partial charge is 0.379 e. The smallest absolute Gasteiger partial charge is 0.0651 e. The van der Waals surface area contributed by atoms with Crippen LogP contribution in [-0.4, -0.2) is 18.2 Å². The normalized spacial score (nSPS) is 19.6. The maximum absolute atomic E-state index is 6.04. The van der Waals surface area contributed by atoms with Crippen LogP contribution < -0.4 is 5.73 Å². The molecule has 0 aromatic rings. The fourth-order valence-electron chi connectivity index (χ4n) is 1.28. The third-order valence-electron chi connectivity index (χ3n) is 3.25. The van der Waals surface area contributed by atoms with Gasteiger partial charge in [0, 0.05) is 12.6 Å². The van der Waals surface area contributed by atoms with Gasteiger partial charge in [0.1, 0.15) is 0 Å². The Morgan fingerprint density at radius 3 is 2.00 bits per heavy atom. The van der Waals surface area contributed by atoms with Gasteiger partial charge in [0.25, 0.3) is 0 Å². The number of rotatable bonds is 5. The van der Waals surface area contributed by atoms with Crippen LogP contribution in [0.3, 0.4) is 0 Å². The topological polar surface area (TPSA) is 35.2 Å². The standard InChI is InChI=1S/C11H25NO/c1-7-11(5,13-6)8-9(2)10(3,4)12/h9H,7-8,12H2,1-6H3. The molecule has 2 nitrogen and oxygen atoms in total. The Bertz CT molecular complexity index is 145. The van der Waals surface area contributed by atoms with Crippen molar-refractivity contribution in [2.75, 3.05) is 7.11 Å². The Balaban J connectivity index is 4.25. The van der Waals surface area contributed by atoms with Gasteiger partial charge >= 0.3 is 0 Å². The Morgan fingerprint density at radius 1 is 1.31 bits per heavy atom. The number of methoxy groups -OCH3 is 1. The summed E-state index contributed by atoms with van der Waals surface area (Å²) < 4.78 is 5.50. The highest BCUT2D eigenvalue weighted by Gasteiger charge is 2.30. The highest BCUT2D eigenvalue weighted by atomic mass is 16.5. The van der Waals surface area contributed by atoms with Gasteiger partial charge in [-0.2, -0.15) is 0 Å². The van der Waals surface area contributed by atoms with E-state index < -0.39 is 0 Å². The van der Waals surface area contributed by atoms with Gasteiger partial charge in [-0.25, -0.2) is 0 Å². The van der Waals surface area contributed by atoms with Crippen molar-refractivity contribution in [1.82, 2.24) is 0 Å². The van der Waals surface area contributed by atoms with Crippen molar-refractivity contribution < 1.29 is 4.74 Å². The third-order valence-corrected chi connectivity index (χ3v) is 3.25. The Kier molecular flexibility index (Phi) is 4.40. The van der Waals surface area contributed by atoms with Gasteiger partial charge in [-0.05, 0) is 39.5 Å². The number of nitrogens with two attached hydrogens (primary N) is 1. The summed E-state index contributed by atoms with van der Waals surface area (Å²) in [6.07, 6.45) is 2.05. The minimum atomic E-state index is -0.116. The van der Waals surface area contributed by atoms with E-state index in [2.05, 4.69) is 34.6 Å². The molecule has 0 rings (SSSR count). The predicted molar refractivity (Wildman–Crippen MR) is 57.8 cm³/mol. The lowest BCUT2D eigenvalue weighted by Gasteiger charge is -2.35. The lowest BCUT2D eigenvalue weighted by atomic mass is 9.80. The van der Waals surface area contributed by atoms with E-state index in [4.69, 9.17) is 10.5 Å². The van der Waals surface area contributed by atoms with Gasteiger partial charge in [0.05, 0.1) is 5.60 Å². The van der Waals surface area contributed by atoms with Crippen LogP contribution >= 0.6 is 0 Å². The average molecular weight is 187 g/mol. The summed E-state index contributed by atoms with van der Waals surface area (Å²) >= 11 is 0. The van der Waals surface area contributed by atoms with Crippen molar-refractivity contribution in [3.8, 4) is 0 Å². The zero-order valence-electron chi connectivity index (χ0n) is 9.98. The van der Waals surface area contributed by atoms with E-state index in [9.17, 15) is 0 Å². The van der Waals surface area contributed by atoms with E-state index in [-0.39, 0.29) is 11.1 Å². The van der Waals surface area contributed by atoms with E-state index in [0.717, 1.165) is 12.8 Å². The van der Waals surface area contributed by atoms with Crippen LogP contribution in [0.1, 0.15) is 47.5 Å². The third kappa shape index (κ3) is 4.10. The maximum Gasteiger partial charge on any atom is 0.0651 e. The molecule has 0 aliphatic carbocycles. The summed E-state index contributed by atoms with van der Waals surface area (Å²) in [4.78, 5) is 0. The Hall–Kier alpha value is -0.0800. The molecule has 0 fully saturated rings. The first-order valence-corrected chi connectivity index (χ1v) is 5.09. The molecule has 0 heterocycles. The molecule has 2 N–H and O–H groups in total. The summed E-state index contributed by atoms with van der Waals surface area (Å²) in [5, 5.41) is 0. The fraction of sp³-hybridized carbons (Fsp3) is 1.00. The minimum Gasteiger partial charge on any atom is -0.379 e. The molecular weight excluding hydrogens is 162 g/mol. The summed E-state index contributed by atoms with van der Waals surface area (Å²) in [6.45, 7) is 10.6. The highest BCUT2D eigenvalue weighted by Crippen LogP contribution is 2.28. The number of hydrogen-bond donors (Lipinski definition) is 1. The van der Waals surface area contributed by atoms with Crippen molar-refractivity contribution in [3.05, 3.63) is 0 Å². The van der Waals surface area contributed by atoms with Crippen LogP contribution in [0.25, 0.3) is 0 Å². The van der Waals surface area contributed by atoms with E-state index >= 15 is 0 Å². The number of ether oxygens (including phenoxy) is 1. The Labute approximate surface area is 82.8 Å². The summed E-state index contributed by atoms with van der Waals surface area (Å²) in [6, 6.07) is 0. The second-order valence-corrected chi connectivity index (χ2v) is 4.93. The lowest BCUT2D eigenvalue weighted by molar-refractivity contribution is -0.0219. The zero-order valence-corrected chi connectivity index (χ0v) is 9.98. The van der Waals surface area contributed by atoms with Gasteiger partial charge in [0.2, 0.25) is 0 Å². The van der Waals surface area contributed by atoms with Crippen LogP contribution in [-0.2, 0) is 4.74 Å². The molecule has 0 aliphatic heterocycles. The summed E-state index contributed by atoms with van der Waals surface area (Å²) in [5.74, 6) is 0.470. The van der Waals surface area contributed by atoms with Gasteiger partial charge in [-0.15, -0.1) is 0 Å². The van der Waals surface area contributed by atoms with Crippen LogP contribution in [0, 0.1) is 5.92 Å². The second kappa shape index (κ2) is 4.43. The van der Waals surface area contributed by atoms with Crippen LogP contribution in [0.15, 0.2) is 0 Å². The zero-order chi connectivity index (χ0) is 10.7. The molecule has 0 aliphatic rings. The molecular formula is C11H25NO. The van der Waals surface area contributed by atoms with Crippen LogP contribution in [0.2, 0.25) is 0 Å². The van der Waals surface area contributed by atoms with E-state index in [1.165, 1.54) is 0 Å². The molecule has 2 unspecified atom stereocenters. The van der Waals surface area contributed by atoms with Crippen molar-refractivity contribution in [3.63, 3.8) is 0 Å². The minimum absolute atomic E-state index is 0.0178. The van der Waals surface area contributed by atoms with Crippen molar-refractivity contribution in [1.29, 1.82) is 0 Å². The molecule has 2 atom stereocenters. The van der Waals surface area contributed by atoms with Crippen molar-refractivity contribution in [2.24, 2.45) is 11.7 Å². The van der Waals surface area contributed by atoms with Crippen LogP contribution in [0.4, 0.5) is 0 Å². The van der Waals surface area contributed by atoms with Gasteiger partial charge < -0.3 is 10.5 Å². The van der Waals surface area contributed by atoms with E-state index in [1.54, 1.807) is 7.11 Å². The molecule has 0 saturated carbocycles. The molecule has 0 radical (unpaired) electrons. The molecule has 0 spiro atoms. The molecule has 2 heteroatoms. The fourth-order valence-corrected chi connectivity index (χ4v) is 1.28. The first-order valence-electron chi connectivity index (χ1n) is 5.09. The summed E-state index contributed by atoms with van der Waals surface area (Å²) in [5.41, 5.74) is 5.91. The maximum atomic E-state index is 6.04. The van der Waals surface area contributed by atoms with Gasteiger partial charge in [0.15, 0.2) is 0 Å². The first kappa shape index (κ1) is 12.9. The monoisotopic (exact) mass is 187 g/mol. The van der Waals surface area contributed by atoms with E-state index in [1.807, 2.05) is 0 Å². The predicted octanol–water partition coefficient (Wildman–Crippen LogP) is 2.57.